The Hall–Kier alpha value is -1.26. The zero-order valence-corrected chi connectivity index (χ0v) is 11.3. The Morgan fingerprint density at radius 3 is 2.72 bits per heavy atom. The number of ether oxygens (including phenoxy) is 2. The molecule has 1 saturated heterocycles. The number of hydrogen-bond acceptors (Lipinski definition) is 4. The van der Waals surface area contributed by atoms with E-state index in [1.807, 2.05) is 0 Å². The lowest BCUT2D eigenvalue weighted by Gasteiger charge is -2.09. The molecule has 0 aliphatic carbocycles. The molecule has 5 nitrogen and oxygen atoms in total. The van der Waals surface area contributed by atoms with Crippen LogP contribution >= 0.6 is 0 Å². The first-order valence-electron chi connectivity index (χ1n) is 6.71. The van der Waals surface area contributed by atoms with Gasteiger partial charge in [-0.2, -0.15) is 0 Å². The zero-order chi connectivity index (χ0) is 13.4. The van der Waals surface area contributed by atoms with Gasteiger partial charge in [-0.25, -0.2) is 4.79 Å². The van der Waals surface area contributed by atoms with Gasteiger partial charge in [-0.1, -0.05) is 32.6 Å². The van der Waals surface area contributed by atoms with E-state index in [1.54, 1.807) is 7.05 Å². The molecule has 0 aromatic carbocycles. The second kappa shape index (κ2) is 7.95. The number of carbonyl (C=O) groups is 2. The quantitative estimate of drug-likeness (QED) is 0.494. The Bertz CT molecular complexity index is 280. The van der Waals surface area contributed by atoms with Crippen molar-refractivity contribution in [3.05, 3.63) is 0 Å². The van der Waals surface area contributed by atoms with Gasteiger partial charge in [-0.3, -0.25) is 4.79 Å². The molecule has 1 fully saturated rings. The molecule has 0 bridgehead atoms. The van der Waals surface area contributed by atoms with E-state index in [2.05, 4.69) is 6.92 Å². The average molecular weight is 257 g/mol. The van der Waals surface area contributed by atoms with Crippen molar-refractivity contribution in [2.75, 3.05) is 20.2 Å². The summed E-state index contributed by atoms with van der Waals surface area (Å²) < 4.78 is 10.1. The van der Waals surface area contributed by atoms with E-state index in [1.165, 1.54) is 24.2 Å². The van der Waals surface area contributed by atoms with Gasteiger partial charge in [-0.15, -0.1) is 0 Å². The summed E-state index contributed by atoms with van der Waals surface area (Å²) in [5.74, 6) is -0.197. The molecule has 1 aliphatic heterocycles. The fraction of sp³-hybridized carbons (Fsp3) is 0.846. The largest absolute Gasteiger partial charge is 0.462 e. The maximum Gasteiger partial charge on any atom is 0.410 e. The molecule has 1 unspecified atom stereocenters. The van der Waals surface area contributed by atoms with Crippen molar-refractivity contribution in [1.29, 1.82) is 0 Å². The summed E-state index contributed by atoms with van der Waals surface area (Å²) in [6, 6.07) is 0. The topological polar surface area (TPSA) is 55.8 Å². The van der Waals surface area contributed by atoms with Crippen LogP contribution in [-0.2, 0) is 14.3 Å². The van der Waals surface area contributed by atoms with Crippen molar-refractivity contribution >= 4 is 12.1 Å². The summed E-state index contributed by atoms with van der Waals surface area (Å²) in [6.45, 7) is 2.82. The van der Waals surface area contributed by atoms with Gasteiger partial charge in [0.25, 0.3) is 0 Å². The molecule has 1 heterocycles. The Labute approximate surface area is 108 Å². The SMILES string of the molecule is CCCCCCCC(=O)OCC1CN(C)C(=O)O1. The smallest absolute Gasteiger partial charge is 0.410 e. The van der Waals surface area contributed by atoms with Gasteiger partial charge in [0.1, 0.15) is 6.61 Å². The molecule has 0 aromatic heterocycles. The van der Waals surface area contributed by atoms with E-state index in [0.717, 1.165) is 12.8 Å². The molecule has 0 N–H and O–H groups in total. The summed E-state index contributed by atoms with van der Waals surface area (Å²) in [4.78, 5) is 24.0. The van der Waals surface area contributed by atoms with E-state index in [9.17, 15) is 9.59 Å². The maximum atomic E-state index is 11.4. The number of likely N-dealkylation sites (N-methyl/N-ethyl adjacent to an activating group) is 1. The van der Waals surface area contributed by atoms with Crippen LogP contribution in [0.1, 0.15) is 45.4 Å². The molecule has 1 atom stereocenters. The molecule has 104 valence electrons. The predicted octanol–water partition coefficient (Wildman–Crippen LogP) is 2.34. The third kappa shape index (κ3) is 5.38. The van der Waals surface area contributed by atoms with Gasteiger partial charge >= 0.3 is 12.1 Å². The Morgan fingerprint density at radius 2 is 2.11 bits per heavy atom. The van der Waals surface area contributed by atoms with Crippen LogP contribution in [0.2, 0.25) is 0 Å². The molecule has 1 amide bonds. The van der Waals surface area contributed by atoms with E-state index < -0.39 is 0 Å². The molecule has 0 aromatic rings. The number of amides is 1. The second-order valence-corrected chi connectivity index (χ2v) is 4.73. The number of nitrogens with zero attached hydrogens (tertiary/aromatic N) is 1. The Morgan fingerprint density at radius 1 is 1.39 bits per heavy atom. The van der Waals surface area contributed by atoms with Gasteiger partial charge in [0.05, 0.1) is 6.54 Å². The van der Waals surface area contributed by atoms with Gasteiger partial charge in [0.15, 0.2) is 6.10 Å². The minimum atomic E-state index is -0.351. The van der Waals surface area contributed by atoms with Crippen LogP contribution in [0.5, 0.6) is 0 Å². The first-order valence-corrected chi connectivity index (χ1v) is 6.71. The zero-order valence-electron chi connectivity index (χ0n) is 11.3. The third-order valence-corrected chi connectivity index (χ3v) is 2.97. The van der Waals surface area contributed by atoms with Gasteiger partial charge < -0.3 is 14.4 Å². The van der Waals surface area contributed by atoms with Crippen molar-refractivity contribution in [2.45, 2.75) is 51.6 Å². The molecule has 0 saturated carbocycles. The number of hydrogen-bond donors (Lipinski definition) is 0. The summed E-state index contributed by atoms with van der Waals surface area (Å²) in [5.41, 5.74) is 0. The van der Waals surface area contributed by atoms with Crippen LogP contribution in [0.4, 0.5) is 4.79 Å². The average Bonchev–Trinajstić information content (AvgIpc) is 2.66. The highest BCUT2D eigenvalue weighted by atomic mass is 16.6. The van der Waals surface area contributed by atoms with Gasteiger partial charge in [0, 0.05) is 13.5 Å². The van der Waals surface area contributed by atoms with Gasteiger partial charge in [0.2, 0.25) is 0 Å². The molecule has 0 spiro atoms. The highest BCUT2D eigenvalue weighted by Crippen LogP contribution is 2.10. The number of rotatable bonds is 8. The number of carbonyl (C=O) groups excluding carboxylic acids is 2. The second-order valence-electron chi connectivity index (χ2n) is 4.73. The number of esters is 1. The summed E-state index contributed by atoms with van der Waals surface area (Å²) in [6.07, 6.45) is 5.34. The van der Waals surface area contributed by atoms with Crippen LogP contribution in [0.3, 0.4) is 0 Å². The monoisotopic (exact) mass is 257 g/mol. The maximum absolute atomic E-state index is 11.4. The third-order valence-electron chi connectivity index (χ3n) is 2.97. The molecule has 0 radical (unpaired) electrons. The lowest BCUT2D eigenvalue weighted by Crippen LogP contribution is -2.23. The van der Waals surface area contributed by atoms with Crippen LogP contribution in [-0.4, -0.2) is 43.3 Å². The van der Waals surface area contributed by atoms with Crippen LogP contribution < -0.4 is 0 Å². The van der Waals surface area contributed by atoms with Crippen molar-refractivity contribution in [2.24, 2.45) is 0 Å². The minimum Gasteiger partial charge on any atom is -0.462 e. The molecular weight excluding hydrogens is 234 g/mol. The first-order chi connectivity index (χ1) is 8.63. The van der Waals surface area contributed by atoms with Gasteiger partial charge in [-0.05, 0) is 6.42 Å². The molecule has 5 heteroatoms. The van der Waals surface area contributed by atoms with E-state index in [4.69, 9.17) is 9.47 Å². The summed E-state index contributed by atoms with van der Waals surface area (Å²) >= 11 is 0. The fourth-order valence-corrected chi connectivity index (χ4v) is 1.87. The Kier molecular flexibility index (Phi) is 6.54. The lowest BCUT2D eigenvalue weighted by molar-refractivity contribution is -0.146. The van der Waals surface area contributed by atoms with Crippen LogP contribution in [0.25, 0.3) is 0 Å². The van der Waals surface area contributed by atoms with Crippen molar-refractivity contribution in [1.82, 2.24) is 4.90 Å². The lowest BCUT2D eigenvalue weighted by atomic mass is 10.1. The molecular formula is C13H23NO4. The van der Waals surface area contributed by atoms with Crippen molar-refractivity contribution in [3.8, 4) is 0 Å². The minimum absolute atomic E-state index is 0.171. The molecule has 1 rings (SSSR count). The van der Waals surface area contributed by atoms with Crippen molar-refractivity contribution in [3.63, 3.8) is 0 Å². The Balaban J connectivity index is 2.02. The van der Waals surface area contributed by atoms with E-state index in [-0.39, 0.29) is 24.8 Å². The standard InChI is InChI=1S/C13H23NO4/c1-3-4-5-6-7-8-12(15)17-10-11-9-14(2)13(16)18-11/h11H,3-10H2,1-2H3. The first kappa shape index (κ1) is 14.8. The van der Waals surface area contributed by atoms with Crippen LogP contribution in [0.15, 0.2) is 0 Å². The highest BCUT2D eigenvalue weighted by Gasteiger charge is 2.29. The van der Waals surface area contributed by atoms with E-state index in [0.29, 0.717) is 13.0 Å². The predicted molar refractivity (Wildman–Crippen MR) is 67.2 cm³/mol. The fourth-order valence-electron chi connectivity index (χ4n) is 1.87. The van der Waals surface area contributed by atoms with Crippen molar-refractivity contribution < 1.29 is 19.1 Å². The molecule has 18 heavy (non-hydrogen) atoms. The van der Waals surface area contributed by atoms with E-state index >= 15 is 0 Å². The normalized spacial score (nSPS) is 18.9. The summed E-state index contributed by atoms with van der Waals surface area (Å²) in [7, 11) is 1.66. The molecule has 1 aliphatic rings. The number of unbranched alkanes of at least 4 members (excludes halogenated alkanes) is 4. The summed E-state index contributed by atoms with van der Waals surface area (Å²) in [5, 5.41) is 0. The number of cyclic esters (lactones) is 1. The van der Waals surface area contributed by atoms with Crippen LogP contribution in [0, 0.1) is 0 Å². The highest BCUT2D eigenvalue weighted by molar-refractivity contribution is 5.70.